The third kappa shape index (κ3) is 4.81. The second-order valence-electron chi connectivity index (χ2n) is 15.4. The highest BCUT2D eigenvalue weighted by Crippen LogP contribution is 2.52. The molecule has 260 valence electrons. The van der Waals surface area contributed by atoms with Gasteiger partial charge >= 0.3 is 0 Å². The van der Waals surface area contributed by atoms with Crippen LogP contribution in [0.4, 0.5) is 17.1 Å². The molecular weight excluding hydrogens is 665 g/mol. The van der Waals surface area contributed by atoms with E-state index in [1.54, 1.807) is 0 Å². The maximum absolute atomic E-state index is 2.48. The van der Waals surface area contributed by atoms with Crippen LogP contribution in [0.25, 0.3) is 71.3 Å². The van der Waals surface area contributed by atoms with Crippen LogP contribution in [-0.2, 0) is 5.41 Å². The Morgan fingerprint density at radius 3 is 1.89 bits per heavy atom. The van der Waals surface area contributed by atoms with Crippen molar-refractivity contribution in [1.82, 2.24) is 4.57 Å². The van der Waals surface area contributed by atoms with E-state index in [2.05, 4.69) is 217 Å². The molecule has 0 radical (unpaired) electrons. The summed E-state index contributed by atoms with van der Waals surface area (Å²) >= 11 is 0. The fourth-order valence-corrected chi connectivity index (χ4v) is 9.28. The number of aromatic nitrogens is 1. The highest BCUT2D eigenvalue weighted by molar-refractivity contribution is 6.24. The Kier molecular flexibility index (Phi) is 6.93. The summed E-state index contributed by atoms with van der Waals surface area (Å²) in [5, 5.41) is 7.45. The summed E-state index contributed by atoms with van der Waals surface area (Å²) in [5.41, 5.74) is 14.6. The van der Waals surface area contributed by atoms with Crippen LogP contribution in [0.2, 0.25) is 0 Å². The molecule has 1 heterocycles. The molecule has 2 heteroatoms. The normalized spacial score (nSPS) is 13.1. The van der Waals surface area contributed by atoms with Crippen molar-refractivity contribution < 1.29 is 0 Å². The van der Waals surface area contributed by atoms with Gasteiger partial charge in [-0.15, -0.1) is 0 Å². The first-order chi connectivity index (χ1) is 27.0. The van der Waals surface area contributed by atoms with Crippen molar-refractivity contribution in [1.29, 1.82) is 0 Å². The molecule has 10 aromatic rings. The maximum atomic E-state index is 2.48. The lowest BCUT2D eigenvalue weighted by atomic mass is 9.82. The Morgan fingerprint density at radius 2 is 1.05 bits per heavy atom. The SMILES string of the molecule is CC1(C)c2ccccc2-c2ccc(N(c3ccc(-c4ccccc4)cc3)c3cc4c(c5ccccc35)c3ccccc3n4-c3ccc4ccccc4c3)cc21. The van der Waals surface area contributed by atoms with Gasteiger partial charge in [0.2, 0.25) is 0 Å². The summed E-state index contributed by atoms with van der Waals surface area (Å²) in [6.45, 7) is 4.73. The first-order valence-electron chi connectivity index (χ1n) is 19.2. The molecule has 0 unspecified atom stereocenters. The largest absolute Gasteiger partial charge is 0.310 e. The van der Waals surface area contributed by atoms with E-state index in [4.69, 9.17) is 0 Å². The standard InChI is InChI=1S/C53H38N2/c1-53(2)47-22-12-10-18-42(47)43-31-30-41(33-48(43)53)54(39-27-24-37(25-28-39)35-14-4-3-5-15-35)50-34-51-52(45-20-9-8-19-44(45)50)46-21-11-13-23-49(46)55(51)40-29-26-36-16-6-7-17-38(36)32-40/h3-34H,1-2H3. The Bertz CT molecular complexity index is 3110. The van der Waals surface area contributed by atoms with Crippen molar-refractivity contribution in [3.8, 4) is 27.9 Å². The second-order valence-corrected chi connectivity index (χ2v) is 15.4. The van der Waals surface area contributed by atoms with E-state index < -0.39 is 0 Å². The van der Waals surface area contributed by atoms with Gasteiger partial charge in [0.1, 0.15) is 0 Å². The number of fused-ring (bicyclic) bond motifs is 9. The van der Waals surface area contributed by atoms with Crippen LogP contribution in [0.15, 0.2) is 194 Å². The van der Waals surface area contributed by atoms with Crippen molar-refractivity contribution in [2.75, 3.05) is 4.90 Å². The van der Waals surface area contributed by atoms with E-state index in [0.29, 0.717) is 0 Å². The van der Waals surface area contributed by atoms with E-state index in [0.717, 1.165) is 22.7 Å². The van der Waals surface area contributed by atoms with E-state index >= 15 is 0 Å². The molecular formula is C53H38N2. The van der Waals surface area contributed by atoms with Crippen LogP contribution < -0.4 is 4.90 Å². The predicted octanol–water partition coefficient (Wildman–Crippen LogP) is 14.5. The first-order valence-corrected chi connectivity index (χ1v) is 19.2. The number of hydrogen-bond donors (Lipinski definition) is 0. The van der Waals surface area contributed by atoms with Gasteiger partial charge in [0.15, 0.2) is 0 Å². The minimum Gasteiger partial charge on any atom is -0.310 e. The van der Waals surface area contributed by atoms with Crippen LogP contribution in [0.1, 0.15) is 25.0 Å². The van der Waals surface area contributed by atoms with E-state index in [9.17, 15) is 0 Å². The zero-order valence-corrected chi connectivity index (χ0v) is 30.9. The smallest absolute Gasteiger partial charge is 0.0568 e. The monoisotopic (exact) mass is 702 g/mol. The Labute approximate surface area is 321 Å². The molecule has 0 spiro atoms. The molecule has 0 aliphatic heterocycles. The van der Waals surface area contributed by atoms with Gasteiger partial charge in [-0.2, -0.15) is 0 Å². The van der Waals surface area contributed by atoms with Crippen LogP contribution >= 0.6 is 0 Å². The lowest BCUT2D eigenvalue weighted by molar-refractivity contribution is 0.660. The fraction of sp³-hybridized carbons (Fsp3) is 0.0566. The molecule has 55 heavy (non-hydrogen) atoms. The minimum atomic E-state index is -0.126. The average Bonchev–Trinajstić information content (AvgIpc) is 3.69. The lowest BCUT2D eigenvalue weighted by Gasteiger charge is -2.29. The molecule has 0 amide bonds. The number of nitrogens with zero attached hydrogens (tertiary/aromatic N) is 2. The first kappa shape index (κ1) is 31.6. The quantitative estimate of drug-likeness (QED) is 0.173. The zero-order chi connectivity index (χ0) is 36.7. The number of para-hydroxylation sites is 1. The summed E-state index contributed by atoms with van der Waals surface area (Å²) in [4.78, 5) is 2.48. The molecule has 1 aromatic heterocycles. The summed E-state index contributed by atoms with van der Waals surface area (Å²) < 4.78 is 2.46. The molecule has 0 bridgehead atoms. The highest BCUT2D eigenvalue weighted by atomic mass is 15.1. The maximum Gasteiger partial charge on any atom is 0.0568 e. The number of hydrogen-bond acceptors (Lipinski definition) is 1. The van der Waals surface area contributed by atoms with Gasteiger partial charge in [-0.05, 0) is 98.1 Å². The summed E-state index contributed by atoms with van der Waals surface area (Å²) in [5.74, 6) is 0. The molecule has 0 saturated heterocycles. The van der Waals surface area contributed by atoms with Gasteiger partial charge in [0.25, 0.3) is 0 Å². The van der Waals surface area contributed by atoms with E-state index in [-0.39, 0.29) is 5.41 Å². The molecule has 1 aliphatic rings. The summed E-state index contributed by atoms with van der Waals surface area (Å²) in [7, 11) is 0. The summed E-state index contributed by atoms with van der Waals surface area (Å²) in [6, 6.07) is 71.5. The van der Waals surface area contributed by atoms with Gasteiger partial charge in [0.05, 0.1) is 16.7 Å². The molecule has 0 saturated carbocycles. The zero-order valence-electron chi connectivity index (χ0n) is 30.9. The van der Waals surface area contributed by atoms with Crippen molar-refractivity contribution in [2.45, 2.75) is 19.3 Å². The third-order valence-corrected chi connectivity index (χ3v) is 11.9. The molecule has 0 fully saturated rings. The fourth-order valence-electron chi connectivity index (χ4n) is 9.28. The van der Waals surface area contributed by atoms with Crippen molar-refractivity contribution in [3.63, 3.8) is 0 Å². The second kappa shape index (κ2) is 12.1. The molecule has 0 atom stereocenters. The van der Waals surface area contributed by atoms with Gasteiger partial charge < -0.3 is 9.47 Å². The highest BCUT2D eigenvalue weighted by Gasteiger charge is 2.36. The molecule has 2 nitrogen and oxygen atoms in total. The van der Waals surface area contributed by atoms with Gasteiger partial charge in [-0.25, -0.2) is 0 Å². The van der Waals surface area contributed by atoms with Crippen LogP contribution in [0.3, 0.4) is 0 Å². The van der Waals surface area contributed by atoms with Crippen molar-refractivity contribution >= 4 is 60.4 Å². The number of rotatable bonds is 5. The number of anilines is 3. The van der Waals surface area contributed by atoms with Crippen LogP contribution in [-0.4, -0.2) is 4.57 Å². The molecule has 9 aromatic carbocycles. The van der Waals surface area contributed by atoms with Crippen molar-refractivity contribution in [2.24, 2.45) is 0 Å². The Morgan fingerprint density at radius 1 is 0.418 bits per heavy atom. The lowest BCUT2D eigenvalue weighted by Crippen LogP contribution is -2.16. The average molecular weight is 703 g/mol. The van der Waals surface area contributed by atoms with Crippen LogP contribution in [0, 0.1) is 0 Å². The Balaban J connectivity index is 1.21. The number of benzene rings is 9. The topological polar surface area (TPSA) is 8.17 Å². The van der Waals surface area contributed by atoms with Gasteiger partial charge in [-0.3, -0.25) is 0 Å². The van der Waals surface area contributed by atoms with E-state index in [1.807, 2.05) is 0 Å². The predicted molar refractivity (Wildman–Crippen MR) is 233 cm³/mol. The van der Waals surface area contributed by atoms with Gasteiger partial charge in [0, 0.05) is 38.6 Å². The Hall–Kier alpha value is -6.90. The van der Waals surface area contributed by atoms with E-state index in [1.165, 1.54) is 76.7 Å². The van der Waals surface area contributed by atoms with Crippen LogP contribution in [0.5, 0.6) is 0 Å². The molecule has 0 N–H and O–H groups in total. The molecule has 11 rings (SSSR count). The minimum absolute atomic E-state index is 0.126. The van der Waals surface area contributed by atoms with Gasteiger partial charge in [-0.1, -0.05) is 159 Å². The third-order valence-electron chi connectivity index (χ3n) is 11.9. The van der Waals surface area contributed by atoms with Crippen molar-refractivity contribution in [3.05, 3.63) is 205 Å². The summed E-state index contributed by atoms with van der Waals surface area (Å²) in [6.07, 6.45) is 0. The molecule has 1 aliphatic carbocycles.